The molecule has 0 atom stereocenters. The quantitative estimate of drug-likeness (QED) is 0.784. The van der Waals surface area contributed by atoms with Gasteiger partial charge in [0, 0.05) is 31.0 Å². The first-order chi connectivity index (χ1) is 7.58. The summed E-state index contributed by atoms with van der Waals surface area (Å²) < 4.78 is 1.34. The Morgan fingerprint density at radius 1 is 1.56 bits per heavy atom. The number of hydrogen-bond donors (Lipinski definition) is 1. The second kappa shape index (κ2) is 4.00. The van der Waals surface area contributed by atoms with Crippen LogP contribution in [0, 0.1) is 0 Å². The Bertz CT molecular complexity index is 463. The lowest BCUT2D eigenvalue weighted by Gasteiger charge is -2.16. The molecule has 1 amide bonds. The van der Waals surface area contributed by atoms with Crippen LogP contribution in [0.4, 0.5) is 5.69 Å². The summed E-state index contributed by atoms with van der Waals surface area (Å²) in [6.45, 7) is 0.0663. The lowest BCUT2D eigenvalue weighted by atomic mass is 10.4. The highest BCUT2D eigenvalue weighted by atomic mass is 16.2. The number of aromatic nitrogens is 1. The van der Waals surface area contributed by atoms with Crippen LogP contribution in [0.1, 0.15) is 12.8 Å². The topological polar surface area (TPSA) is 68.3 Å². The summed E-state index contributed by atoms with van der Waals surface area (Å²) in [5.74, 6) is -0.0461. The van der Waals surface area contributed by atoms with E-state index in [-0.39, 0.29) is 18.0 Å². The van der Waals surface area contributed by atoms with Gasteiger partial charge in [-0.15, -0.1) is 0 Å². The number of anilines is 1. The maximum atomic E-state index is 11.8. The number of amides is 1. The van der Waals surface area contributed by atoms with Crippen molar-refractivity contribution in [2.45, 2.75) is 25.4 Å². The van der Waals surface area contributed by atoms with Gasteiger partial charge in [0.1, 0.15) is 6.54 Å². The largest absolute Gasteiger partial charge is 0.398 e. The number of hydrogen-bond acceptors (Lipinski definition) is 3. The van der Waals surface area contributed by atoms with E-state index in [0.717, 1.165) is 12.8 Å². The van der Waals surface area contributed by atoms with E-state index in [4.69, 9.17) is 5.73 Å². The molecule has 1 aliphatic carbocycles. The molecule has 16 heavy (non-hydrogen) atoms. The summed E-state index contributed by atoms with van der Waals surface area (Å²) in [4.78, 5) is 24.9. The first kappa shape index (κ1) is 10.7. The Hall–Kier alpha value is -1.78. The molecule has 2 rings (SSSR count). The third-order valence-corrected chi connectivity index (χ3v) is 2.80. The third kappa shape index (κ3) is 2.24. The number of nitrogens with zero attached hydrogens (tertiary/aromatic N) is 2. The van der Waals surface area contributed by atoms with Gasteiger partial charge in [-0.3, -0.25) is 9.59 Å². The summed E-state index contributed by atoms with van der Waals surface area (Å²) in [6.07, 6.45) is 3.63. The molecule has 5 heteroatoms. The van der Waals surface area contributed by atoms with Crippen LogP contribution >= 0.6 is 0 Å². The lowest BCUT2D eigenvalue weighted by molar-refractivity contribution is -0.131. The van der Waals surface area contributed by atoms with Gasteiger partial charge in [0.25, 0.3) is 5.56 Å². The fraction of sp³-hybridized carbons (Fsp3) is 0.455. The van der Waals surface area contributed by atoms with Gasteiger partial charge < -0.3 is 15.2 Å². The standard InChI is InChI=1S/C11H15N3O2/c1-13(9-3-4-9)11(16)7-14-6-8(12)2-5-10(14)15/h2,5-6,9H,3-4,7,12H2,1H3. The van der Waals surface area contributed by atoms with Crippen LogP contribution < -0.4 is 11.3 Å². The predicted octanol–water partition coefficient (Wildman–Crippen LogP) is 0.0513. The molecule has 0 spiro atoms. The van der Waals surface area contributed by atoms with Crippen molar-refractivity contribution >= 4 is 11.6 Å². The molecular weight excluding hydrogens is 206 g/mol. The number of pyridine rings is 1. The maximum Gasteiger partial charge on any atom is 0.251 e. The minimum atomic E-state index is -0.202. The van der Waals surface area contributed by atoms with Crippen molar-refractivity contribution in [1.29, 1.82) is 0 Å². The number of carbonyl (C=O) groups is 1. The van der Waals surface area contributed by atoms with Crippen molar-refractivity contribution in [2.24, 2.45) is 0 Å². The molecule has 86 valence electrons. The van der Waals surface area contributed by atoms with Crippen LogP contribution in [0.15, 0.2) is 23.1 Å². The average molecular weight is 221 g/mol. The zero-order valence-corrected chi connectivity index (χ0v) is 9.22. The zero-order chi connectivity index (χ0) is 11.7. The monoisotopic (exact) mass is 221 g/mol. The summed E-state index contributed by atoms with van der Waals surface area (Å²) in [5.41, 5.74) is 5.85. The van der Waals surface area contributed by atoms with E-state index in [2.05, 4.69) is 0 Å². The first-order valence-corrected chi connectivity index (χ1v) is 5.29. The second-order valence-electron chi connectivity index (χ2n) is 4.16. The molecule has 0 bridgehead atoms. The summed E-state index contributed by atoms with van der Waals surface area (Å²) in [7, 11) is 1.78. The molecule has 1 saturated carbocycles. The molecule has 1 aliphatic rings. The molecule has 0 saturated heterocycles. The van der Waals surface area contributed by atoms with Gasteiger partial charge in [-0.1, -0.05) is 0 Å². The minimum absolute atomic E-state index is 0.0461. The van der Waals surface area contributed by atoms with Crippen LogP contribution in [0.3, 0.4) is 0 Å². The van der Waals surface area contributed by atoms with E-state index < -0.39 is 0 Å². The Morgan fingerprint density at radius 3 is 2.88 bits per heavy atom. The highest BCUT2D eigenvalue weighted by Crippen LogP contribution is 2.25. The molecule has 5 nitrogen and oxygen atoms in total. The smallest absolute Gasteiger partial charge is 0.251 e. The molecular formula is C11H15N3O2. The Kier molecular flexibility index (Phi) is 2.68. The molecule has 0 aromatic carbocycles. The number of rotatable bonds is 3. The van der Waals surface area contributed by atoms with Crippen molar-refractivity contribution in [3.8, 4) is 0 Å². The lowest BCUT2D eigenvalue weighted by Crippen LogP contribution is -2.34. The van der Waals surface area contributed by atoms with Gasteiger partial charge in [-0.2, -0.15) is 0 Å². The van der Waals surface area contributed by atoms with Crippen molar-refractivity contribution in [3.63, 3.8) is 0 Å². The number of likely N-dealkylation sites (N-methyl/N-ethyl adjacent to an activating group) is 1. The molecule has 1 aromatic heterocycles. The van der Waals surface area contributed by atoms with Crippen LogP contribution in [-0.4, -0.2) is 28.5 Å². The highest BCUT2D eigenvalue weighted by Gasteiger charge is 2.29. The van der Waals surface area contributed by atoms with E-state index in [1.54, 1.807) is 11.9 Å². The van der Waals surface area contributed by atoms with Crippen molar-refractivity contribution in [3.05, 3.63) is 28.7 Å². The van der Waals surface area contributed by atoms with Crippen LogP contribution in [0.2, 0.25) is 0 Å². The highest BCUT2D eigenvalue weighted by molar-refractivity contribution is 5.76. The molecule has 0 unspecified atom stereocenters. The molecule has 1 fully saturated rings. The Balaban J connectivity index is 2.10. The number of nitrogen functional groups attached to an aromatic ring is 1. The van der Waals surface area contributed by atoms with E-state index in [1.165, 1.54) is 22.9 Å². The number of nitrogens with two attached hydrogens (primary N) is 1. The molecule has 2 N–H and O–H groups in total. The van der Waals surface area contributed by atoms with Gasteiger partial charge in [0.15, 0.2) is 0 Å². The normalized spacial score (nSPS) is 14.8. The Labute approximate surface area is 93.5 Å². The molecule has 0 radical (unpaired) electrons. The van der Waals surface area contributed by atoms with Gasteiger partial charge in [-0.05, 0) is 18.9 Å². The average Bonchev–Trinajstić information content (AvgIpc) is 3.06. The van der Waals surface area contributed by atoms with Crippen LogP contribution in [0.25, 0.3) is 0 Å². The maximum absolute atomic E-state index is 11.8. The summed E-state index contributed by atoms with van der Waals surface area (Å²) in [6, 6.07) is 3.28. The van der Waals surface area contributed by atoms with Gasteiger partial charge in [0.05, 0.1) is 0 Å². The minimum Gasteiger partial charge on any atom is -0.398 e. The molecule has 0 aliphatic heterocycles. The Morgan fingerprint density at radius 2 is 2.25 bits per heavy atom. The summed E-state index contributed by atoms with van der Waals surface area (Å²) in [5, 5.41) is 0. The SMILES string of the molecule is CN(C(=O)Cn1cc(N)ccc1=O)C1CC1. The van der Waals surface area contributed by atoms with E-state index >= 15 is 0 Å². The molecule has 1 aromatic rings. The molecule has 1 heterocycles. The number of carbonyl (C=O) groups excluding carboxylic acids is 1. The fourth-order valence-corrected chi connectivity index (χ4v) is 1.60. The van der Waals surface area contributed by atoms with Gasteiger partial charge >= 0.3 is 0 Å². The van der Waals surface area contributed by atoms with Crippen LogP contribution in [-0.2, 0) is 11.3 Å². The van der Waals surface area contributed by atoms with E-state index in [1.807, 2.05) is 0 Å². The van der Waals surface area contributed by atoms with Crippen molar-refractivity contribution in [2.75, 3.05) is 12.8 Å². The van der Waals surface area contributed by atoms with Crippen molar-refractivity contribution < 1.29 is 4.79 Å². The summed E-state index contributed by atoms with van der Waals surface area (Å²) >= 11 is 0. The van der Waals surface area contributed by atoms with E-state index in [0.29, 0.717) is 11.7 Å². The second-order valence-corrected chi connectivity index (χ2v) is 4.16. The van der Waals surface area contributed by atoms with Gasteiger partial charge in [0.2, 0.25) is 5.91 Å². The first-order valence-electron chi connectivity index (χ1n) is 5.29. The van der Waals surface area contributed by atoms with E-state index in [9.17, 15) is 9.59 Å². The predicted molar refractivity (Wildman–Crippen MR) is 60.9 cm³/mol. The zero-order valence-electron chi connectivity index (χ0n) is 9.22. The third-order valence-electron chi connectivity index (χ3n) is 2.80. The fourth-order valence-electron chi connectivity index (χ4n) is 1.60. The van der Waals surface area contributed by atoms with Crippen LogP contribution in [0.5, 0.6) is 0 Å². The van der Waals surface area contributed by atoms with Gasteiger partial charge in [-0.25, -0.2) is 0 Å². The van der Waals surface area contributed by atoms with Crippen molar-refractivity contribution in [1.82, 2.24) is 9.47 Å².